The summed E-state index contributed by atoms with van der Waals surface area (Å²) in [5.41, 5.74) is 11.5. The van der Waals surface area contributed by atoms with Gasteiger partial charge in [0.25, 0.3) is 5.84 Å². The average molecular weight is 250 g/mol. The monoisotopic (exact) mass is 250 g/mol. The van der Waals surface area contributed by atoms with Gasteiger partial charge in [0.2, 0.25) is 5.84 Å². The van der Waals surface area contributed by atoms with Crippen LogP contribution in [-0.4, -0.2) is 11.7 Å². The number of aliphatic imine (C=N–C) groups is 1. The van der Waals surface area contributed by atoms with Crippen LogP contribution in [0.15, 0.2) is 47.5 Å². The summed E-state index contributed by atoms with van der Waals surface area (Å²) in [6.07, 6.45) is 0. The molecule has 1 aliphatic rings. The Morgan fingerprint density at radius 2 is 1.68 bits per heavy atom. The van der Waals surface area contributed by atoms with Gasteiger partial charge in [0.05, 0.1) is 11.1 Å². The van der Waals surface area contributed by atoms with Gasteiger partial charge in [-0.2, -0.15) is 0 Å². The molecule has 0 spiro atoms. The highest BCUT2D eigenvalue weighted by atomic mass is 15.0. The van der Waals surface area contributed by atoms with Crippen LogP contribution in [0.4, 0.5) is 5.69 Å². The highest BCUT2D eigenvalue weighted by Gasteiger charge is 2.24. The summed E-state index contributed by atoms with van der Waals surface area (Å²) >= 11 is 0. The Kier molecular flexibility index (Phi) is 2.67. The lowest BCUT2D eigenvalue weighted by atomic mass is 10.1. The Morgan fingerprint density at radius 1 is 0.947 bits per heavy atom. The van der Waals surface area contributed by atoms with Crippen molar-refractivity contribution in [2.45, 2.75) is 13.8 Å². The third-order valence-electron chi connectivity index (χ3n) is 3.53. The lowest BCUT2D eigenvalue weighted by Crippen LogP contribution is -2.76. The molecule has 0 unspecified atom stereocenters. The molecule has 3 heteroatoms. The molecule has 3 nitrogen and oxygen atoms in total. The van der Waals surface area contributed by atoms with Crippen LogP contribution in [-0.2, 0) is 0 Å². The second-order valence-corrected chi connectivity index (χ2v) is 4.76. The zero-order chi connectivity index (χ0) is 13.4. The number of hydrogen-bond acceptors (Lipinski definition) is 2. The van der Waals surface area contributed by atoms with E-state index in [0.29, 0.717) is 5.84 Å². The van der Waals surface area contributed by atoms with Crippen molar-refractivity contribution in [1.82, 2.24) is 0 Å². The number of nitrogens with two attached hydrogens (primary N) is 1. The quantitative estimate of drug-likeness (QED) is 0.784. The van der Waals surface area contributed by atoms with E-state index in [1.54, 1.807) is 0 Å². The van der Waals surface area contributed by atoms with Crippen molar-refractivity contribution in [3.8, 4) is 0 Å². The van der Waals surface area contributed by atoms with Crippen LogP contribution >= 0.6 is 0 Å². The van der Waals surface area contributed by atoms with Crippen molar-refractivity contribution < 1.29 is 4.99 Å². The van der Waals surface area contributed by atoms with Crippen LogP contribution in [0.25, 0.3) is 0 Å². The molecule has 0 saturated carbocycles. The molecular formula is C16H16N3+. The second-order valence-electron chi connectivity index (χ2n) is 4.76. The number of hydrogen-bond donors (Lipinski definition) is 2. The van der Waals surface area contributed by atoms with Crippen molar-refractivity contribution in [3.05, 3.63) is 64.7 Å². The van der Waals surface area contributed by atoms with E-state index in [1.165, 1.54) is 11.1 Å². The van der Waals surface area contributed by atoms with Crippen molar-refractivity contribution in [1.29, 1.82) is 0 Å². The molecule has 0 saturated heterocycles. The fraction of sp³-hybridized carbons (Fsp3) is 0.125. The number of nitrogen functional groups attached to an aromatic ring is 1. The van der Waals surface area contributed by atoms with Gasteiger partial charge in [0.1, 0.15) is 5.69 Å². The third kappa shape index (κ3) is 1.93. The van der Waals surface area contributed by atoms with E-state index in [4.69, 9.17) is 10.7 Å². The number of aryl methyl sites for hydroxylation is 1. The van der Waals surface area contributed by atoms with Gasteiger partial charge in [-0.05, 0) is 43.2 Å². The predicted octanol–water partition coefficient (Wildman–Crippen LogP) is 1.18. The molecular weight excluding hydrogens is 234 g/mol. The van der Waals surface area contributed by atoms with Gasteiger partial charge >= 0.3 is 0 Å². The zero-order valence-electron chi connectivity index (χ0n) is 11.1. The minimum Gasteiger partial charge on any atom is -0.318 e. The third-order valence-corrected chi connectivity index (χ3v) is 3.53. The molecule has 19 heavy (non-hydrogen) atoms. The molecule has 3 rings (SSSR count). The number of fused-ring (bicyclic) bond motifs is 1. The molecule has 0 atom stereocenters. The van der Waals surface area contributed by atoms with Gasteiger partial charge in [0.15, 0.2) is 0 Å². The fourth-order valence-electron chi connectivity index (χ4n) is 2.25. The van der Waals surface area contributed by atoms with Crippen LogP contribution in [0.1, 0.15) is 22.3 Å². The minimum absolute atomic E-state index is 0.666. The average Bonchev–Trinajstić information content (AvgIpc) is 2.73. The maximum Gasteiger partial charge on any atom is 0.269 e. The second kappa shape index (κ2) is 4.35. The lowest BCUT2D eigenvalue weighted by molar-refractivity contribution is -0.311. The number of benzene rings is 2. The summed E-state index contributed by atoms with van der Waals surface area (Å²) in [7, 11) is 0. The van der Waals surface area contributed by atoms with Gasteiger partial charge in [0, 0.05) is 0 Å². The molecule has 0 fully saturated rings. The molecule has 0 aliphatic carbocycles. The van der Waals surface area contributed by atoms with Crippen LogP contribution < -0.4 is 10.7 Å². The predicted molar refractivity (Wildman–Crippen MR) is 77.8 cm³/mol. The van der Waals surface area contributed by atoms with Crippen LogP contribution in [0.2, 0.25) is 0 Å². The Labute approximate surface area is 112 Å². The molecule has 0 bridgehead atoms. The topological polar surface area (TPSA) is 52.3 Å². The highest BCUT2D eigenvalue weighted by Crippen LogP contribution is 2.22. The number of nitrogens with zero attached hydrogens (tertiary/aromatic N) is 1. The fourth-order valence-corrected chi connectivity index (χ4v) is 2.25. The maximum atomic E-state index is 5.98. The van der Waals surface area contributed by atoms with Gasteiger partial charge < -0.3 is 5.73 Å². The molecule has 0 amide bonds. The molecule has 1 heterocycles. The summed E-state index contributed by atoms with van der Waals surface area (Å²) in [6, 6.07) is 14.2. The Balaban J connectivity index is 2.14. The van der Waals surface area contributed by atoms with E-state index in [-0.39, 0.29) is 0 Å². The molecule has 3 N–H and O–H groups in total. The van der Waals surface area contributed by atoms with Crippen LogP contribution in [0, 0.1) is 13.8 Å². The Hall–Kier alpha value is -2.42. The first kappa shape index (κ1) is 11.7. The normalized spacial score (nSPS) is 15.5. The van der Waals surface area contributed by atoms with E-state index >= 15 is 0 Å². The molecule has 0 aromatic heterocycles. The lowest BCUT2D eigenvalue weighted by Gasteiger charge is -2.00. The Bertz CT molecular complexity index is 712. The molecule has 2 aromatic carbocycles. The van der Waals surface area contributed by atoms with Crippen molar-refractivity contribution >= 4 is 17.4 Å². The SMILES string of the molecule is Cc1cccc(N=C2[NH+]=C(N)c3ccccc32)c1C. The van der Waals surface area contributed by atoms with Crippen molar-refractivity contribution in [2.24, 2.45) is 10.7 Å². The van der Waals surface area contributed by atoms with Crippen molar-refractivity contribution in [3.63, 3.8) is 0 Å². The zero-order valence-corrected chi connectivity index (χ0v) is 11.1. The number of nitrogens with one attached hydrogen (secondary N) is 1. The summed E-state index contributed by atoms with van der Waals surface area (Å²) in [5.74, 6) is 1.49. The Morgan fingerprint density at radius 3 is 2.47 bits per heavy atom. The molecule has 2 aromatic rings. The van der Waals surface area contributed by atoms with Gasteiger partial charge in [-0.15, -0.1) is 4.99 Å². The van der Waals surface area contributed by atoms with Crippen LogP contribution in [0.3, 0.4) is 0 Å². The smallest absolute Gasteiger partial charge is 0.269 e. The van der Waals surface area contributed by atoms with Crippen molar-refractivity contribution in [2.75, 3.05) is 0 Å². The van der Waals surface area contributed by atoms with E-state index in [0.717, 1.165) is 22.6 Å². The van der Waals surface area contributed by atoms with E-state index in [1.807, 2.05) is 36.4 Å². The van der Waals surface area contributed by atoms with E-state index in [2.05, 4.69) is 24.9 Å². The summed E-state index contributed by atoms with van der Waals surface area (Å²) in [5, 5.41) is 0. The molecule has 0 radical (unpaired) electrons. The number of rotatable bonds is 1. The summed E-state index contributed by atoms with van der Waals surface area (Å²) in [4.78, 5) is 7.87. The first-order chi connectivity index (χ1) is 9.16. The van der Waals surface area contributed by atoms with Gasteiger partial charge in [-0.25, -0.2) is 4.99 Å². The van der Waals surface area contributed by atoms with Gasteiger partial charge in [-0.1, -0.05) is 24.3 Å². The molecule has 94 valence electrons. The summed E-state index contributed by atoms with van der Waals surface area (Å²) in [6.45, 7) is 4.18. The first-order valence-corrected chi connectivity index (χ1v) is 6.31. The largest absolute Gasteiger partial charge is 0.318 e. The summed E-state index contributed by atoms with van der Waals surface area (Å²) < 4.78 is 0. The first-order valence-electron chi connectivity index (χ1n) is 6.31. The van der Waals surface area contributed by atoms with E-state index < -0.39 is 0 Å². The number of amidine groups is 2. The minimum atomic E-state index is 0.666. The maximum absolute atomic E-state index is 5.98. The standard InChI is InChI=1S/C16H15N3/c1-10-6-5-9-14(11(10)2)18-16-13-8-4-3-7-12(13)15(17)19-16/h3-9H,1-2H3,(H2,17,18,19)/p+1. The van der Waals surface area contributed by atoms with E-state index in [9.17, 15) is 0 Å². The highest BCUT2D eigenvalue weighted by molar-refractivity contribution is 6.12. The van der Waals surface area contributed by atoms with Crippen LogP contribution in [0.5, 0.6) is 0 Å². The molecule has 1 aliphatic heterocycles. The van der Waals surface area contributed by atoms with Gasteiger partial charge in [-0.3, -0.25) is 0 Å².